The SMILES string of the molecule is Cc1cc2sc(=NC(=O)c3ccc(S(=O)(=O)N4CC(C)OC(C)C4)cc3)n(C)c2cc1C. The van der Waals surface area contributed by atoms with E-state index in [0.29, 0.717) is 23.5 Å². The van der Waals surface area contributed by atoms with Gasteiger partial charge in [0.2, 0.25) is 10.0 Å². The second kappa shape index (κ2) is 8.55. The van der Waals surface area contributed by atoms with Gasteiger partial charge in [0.1, 0.15) is 0 Å². The van der Waals surface area contributed by atoms with Gasteiger partial charge in [-0.15, -0.1) is 0 Å². The lowest BCUT2D eigenvalue weighted by molar-refractivity contribution is -0.0440. The number of amides is 1. The van der Waals surface area contributed by atoms with E-state index in [2.05, 4.69) is 31.0 Å². The number of morpholine rings is 1. The predicted molar refractivity (Wildman–Crippen MR) is 125 cm³/mol. The smallest absolute Gasteiger partial charge is 0.279 e. The van der Waals surface area contributed by atoms with E-state index in [0.717, 1.165) is 10.2 Å². The summed E-state index contributed by atoms with van der Waals surface area (Å²) in [7, 11) is -1.76. The van der Waals surface area contributed by atoms with Crippen LogP contribution in [-0.4, -0.2) is 48.5 Å². The van der Waals surface area contributed by atoms with E-state index < -0.39 is 15.9 Å². The van der Waals surface area contributed by atoms with Crippen LogP contribution >= 0.6 is 11.3 Å². The Balaban J connectivity index is 1.61. The van der Waals surface area contributed by atoms with Crippen LogP contribution in [-0.2, 0) is 21.8 Å². The number of benzene rings is 2. The number of aromatic nitrogens is 1. The molecule has 1 fully saturated rings. The maximum Gasteiger partial charge on any atom is 0.279 e. The van der Waals surface area contributed by atoms with E-state index in [4.69, 9.17) is 4.74 Å². The standard InChI is InChI=1S/C23H27N3O4S2/c1-14-10-20-21(11-15(14)2)31-23(25(20)5)24-22(27)18-6-8-19(9-7-18)32(28,29)26-12-16(3)30-17(4)13-26/h6-11,16-17H,12-13H2,1-5H3. The summed E-state index contributed by atoms with van der Waals surface area (Å²) in [5, 5.41) is 0. The molecule has 0 saturated carbocycles. The molecule has 1 aromatic heterocycles. The molecule has 3 aromatic rings. The van der Waals surface area contributed by atoms with Gasteiger partial charge in [0.05, 0.1) is 27.3 Å². The minimum Gasteiger partial charge on any atom is -0.373 e. The number of fused-ring (bicyclic) bond motifs is 1. The quantitative estimate of drug-likeness (QED) is 0.584. The van der Waals surface area contributed by atoms with Crippen molar-refractivity contribution in [3.05, 3.63) is 57.9 Å². The fourth-order valence-corrected chi connectivity index (χ4v) is 6.57. The van der Waals surface area contributed by atoms with Crippen LogP contribution in [0.2, 0.25) is 0 Å². The van der Waals surface area contributed by atoms with E-state index in [9.17, 15) is 13.2 Å². The van der Waals surface area contributed by atoms with Gasteiger partial charge in [0, 0.05) is 25.7 Å². The van der Waals surface area contributed by atoms with Crippen LogP contribution in [0.4, 0.5) is 0 Å². The number of hydrogen-bond donors (Lipinski definition) is 0. The summed E-state index contributed by atoms with van der Waals surface area (Å²) >= 11 is 1.46. The number of ether oxygens (including phenoxy) is 1. The zero-order chi connectivity index (χ0) is 23.2. The van der Waals surface area contributed by atoms with Gasteiger partial charge in [0.15, 0.2) is 4.80 Å². The van der Waals surface area contributed by atoms with Crippen molar-refractivity contribution in [3.8, 4) is 0 Å². The molecule has 9 heteroatoms. The van der Waals surface area contributed by atoms with E-state index in [1.165, 1.54) is 51.0 Å². The second-order valence-electron chi connectivity index (χ2n) is 8.37. The van der Waals surface area contributed by atoms with Crippen molar-refractivity contribution in [2.24, 2.45) is 12.0 Å². The van der Waals surface area contributed by atoms with Crippen LogP contribution in [0.1, 0.15) is 35.3 Å². The molecule has 32 heavy (non-hydrogen) atoms. The molecule has 1 saturated heterocycles. The predicted octanol–water partition coefficient (Wildman–Crippen LogP) is 3.40. The molecule has 1 aliphatic heterocycles. The van der Waals surface area contributed by atoms with Crippen molar-refractivity contribution < 1.29 is 17.9 Å². The molecular formula is C23H27N3O4S2. The first-order valence-corrected chi connectivity index (χ1v) is 12.7. The number of sulfonamides is 1. The molecule has 0 radical (unpaired) electrons. The molecule has 0 bridgehead atoms. The van der Waals surface area contributed by atoms with Crippen molar-refractivity contribution in [2.45, 2.75) is 44.8 Å². The molecule has 170 valence electrons. The van der Waals surface area contributed by atoms with Gasteiger partial charge in [-0.2, -0.15) is 9.30 Å². The van der Waals surface area contributed by atoms with Crippen molar-refractivity contribution in [3.63, 3.8) is 0 Å². The second-order valence-corrected chi connectivity index (χ2v) is 11.3. The molecule has 0 spiro atoms. The van der Waals surface area contributed by atoms with E-state index in [-0.39, 0.29) is 17.1 Å². The number of thiazole rings is 1. The van der Waals surface area contributed by atoms with Crippen molar-refractivity contribution in [1.29, 1.82) is 0 Å². The number of aryl methyl sites for hydroxylation is 3. The van der Waals surface area contributed by atoms with Gasteiger partial charge in [0.25, 0.3) is 5.91 Å². The van der Waals surface area contributed by atoms with Crippen molar-refractivity contribution in [1.82, 2.24) is 8.87 Å². The maximum absolute atomic E-state index is 13.0. The summed E-state index contributed by atoms with van der Waals surface area (Å²) in [6, 6.07) is 10.2. The molecule has 2 heterocycles. The van der Waals surface area contributed by atoms with Crippen LogP contribution in [0.5, 0.6) is 0 Å². The lowest BCUT2D eigenvalue weighted by Gasteiger charge is -2.34. The van der Waals surface area contributed by atoms with Gasteiger partial charge in [-0.3, -0.25) is 4.79 Å². The molecule has 1 amide bonds. The molecule has 2 unspecified atom stereocenters. The first-order valence-electron chi connectivity index (χ1n) is 10.5. The van der Waals surface area contributed by atoms with Gasteiger partial charge in [-0.25, -0.2) is 8.42 Å². The van der Waals surface area contributed by atoms with E-state index in [1.54, 1.807) is 0 Å². The number of rotatable bonds is 3. The largest absolute Gasteiger partial charge is 0.373 e. The monoisotopic (exact) mass is 473 g/mol. The lowest BCUT2D eigenvalue weighted by atomic mass is 10.1. The number of carbonyl (C=O) groups is 1. The zero-order valence-electron chi connectivity index (χ0n) is 18.8. The highest BCUT2D eigenvalue weighted by atomic mass is 32.2. The highest BCUT2D eigenvalue weighted by Gasteiger charge is 2.32. The summed E-state index contributed by atoms with van der Waals surface area (Å²) in [6.07, 6.45) is -0.328. The molecule has 2 aromatic carbocycles. The maximum atomic E-state index is 13.0. The van der Waals surface area contributed by atoms with Gasteiger partial charge in [-0.1, -0.05) is 11.3 Å². The molecule has 0 N–H and O–H groups in total. The topological polar surface area (TPSA) is 81.0 Å². The van der Waals surface area contributed by atoms with Crippen LogP contribution in [0, 0.1) is 13.8 Å². The summed E-state index contributed by atoms with van der Waals surface area (Å²) in [6.45, 7) is 8.46. The Morgan fingerprint density at radius 2 is 1.66 bits per heavy atom. The molecular weight excluding hydrogens is 446 g/mol. The highest BCUT2D eigenvalue weighted by molar-refractivity contribution is 7.89. The molecule has 1 aliphatic rings. The highest BCUT2D eigenvalue weighted by Crippen LogP contribution is 2.23. The summed E-state index contributed by atoms with van der Waals surface area (Å²) < 4.78 is 36.1. The molecule has 2 atom stereocenters. The first kappa shape index (κ1) is 22.8. The zero-order valence-corrected chi connectivity index (χ0v) is 20.5. The van der Waals surface area contributed by atoms with Gasteiger partial charge in [-0.05, 0) is 75.2 Å². The third-order valence-corrected chi connectivity index (χ3v) is 8.69. The minimum absolute atomic E-state index is 0.161. The summed E-state index contributed by atoms with van der Waals surface area (Å²) in [5.41, 5.74) is 3.75. The third kappa shape index (κ3) is 4.30. The van der Waals surface area contributed by atoms with Gasteiger partial charge < -0.3 is 9.30 Å². The van der Waals surface area contributed by atoms with Crippen molar-refractivity contribution >= 4 is 37.5 Å². The number of carbonyl (C=O) groups excluding carboxylic acids is 1. The van der Waals surface area contributed by atoms with Crippen LogP contribution < -0.4 is 4.80 Å². The average molecular weight is 474 g/mol. The lowest BCUT2D eigenvalue weighted by Crippen LogP contribution is -2.48. The Labute approximate surface area is 192 Å². The molecule has 0 aliphatic carbocycles. The Morgan fingerprint density at radius 3 is 2.28 bits per heavy atom. The number of nitrogens with zero attached hydrogens (tertiary/aromatic N) is 3. The van der Waals surface area contributed by atoms with E-state index >= 15 is 0 Å². The average Bonchev–Trinajstić information content (AvgIpc) is 3.02. The normalized spacial score (nSPS) is 20.7. The fourth-order valence-electron chi connectivity index (χ4n) is 3.88. The molecule has 7 nitrogen and oxygen atoms in total. The Bertz CT molecular complexity index is 1340. The Hall–Kier alpha value is -2.33. The van der Waals surface area contributed by atoms with Crippen LogP contribution in [0.3, 0.4) is 0 Å². The fraction of sp³-hybridized carbons (Fsp3) is 0.391. The van der Waals surface area contributed by atoms with Crippen LogP contribution in [0.15, 0.2) is 46.3 Å². The third-order valence-electron chi connectivity index (χ3n) is 5.75. The van der Waals surface area contributed by atoms with E-state index in [1.807, 2.05) is 25.5 Å². The summed E-state index contributed by atoms with van der Waals surface area (Å²) in [4.78, 5) is 17.8. The summed E-state index contributed by atoms with van der Waals surface area (Å²) in [5.74, 6) is -0.404. The molecule has 4 rings (SSSR count). The van der Waals surface area contributed by atoms with Gasteiger partial charge >= 0.3 is 0 Å². The minimum atomic E-state index is -3.65. The first-order chi connectivity index (χ1) is 15.1. The van der Waals surface area contributed by atoms with Crippen molar-refractivity contribution in [2.75, 3.05) is 13.1 Å². The Kier molecular flexibility index (Phi) is 6.10. The number of hydrogen-bond acceptors (Lipinski definition) is 5. The van der Waals surface area contributed by atoms with Crippen LogP contribution in [0.25, 0.3) is 10.2 Å². The Morgan fingerprint density at radius 1 is 1.06 bits per heavy atom.